The van der Waals surface area contributed by atoms with Gasteiger partial charge in [-0.25, -0.2) is 0 Å². The maximum absolute atomic E-state index is 12.5. The first kappa shape index (κ1) is 17.6. The molecule has 2 aliphatic rings. The molecular formula is C22H24N2O3. The third-order valence-corrected chi connectivity index (χ3v) is 5.22. The average Bonchev–Trinajstić information content (AvgIpc) is 3.02. The normalized spacial score (nSPS) is 17.0. The molecule has 0 radical (unpaired) electrons. The zero-order valence-corrected chi connectivity index (χ0v) is 15.7. The molecule has 0 saturated carbocycles. The summed E-state index contributed by atoms with van der Waals surface area (Å²) in [6.45, 7) is 7.93. The van der Waals surface area contributed by atoms with Gasteiger partial charge in [-0.15, -0.1) is 0 Å². The summed E-state index contributed by atoms with van der Waals surface area (Å²) in [6.07, 6.45) is 0. The van der Waals surface area contributed by atoms with Crippen LogP contribution in [0.4, 0.5) is 5.69 Å². The fraction of sp³-hybridized carbons (Fsp3) is 0.318. The second-order valence-corrected chi connectivity index (χ2v) is 7.30. The van der Waals surface area contributed by atoms with Crippen molar-refractivity contribution in [3.05, 3.63) is 64.9 Å². The lowest BCUT2D eigenvalue weighted by molar-refractivity contribution is 0.101. The Hall–Kier alpha value is -2.79. The first-order valence-corrected chi connectivity index (χ1v) is 9.32. The van der Waals surface area contributed by atoms with E-state index in [1.165, 1.54) is 5.69 Å². The summed E-state index contributed by atoms with van der Waals surface area (Å²) in [6, 6.07) is 13.7. The monoisotopic (exact) mass is 364 g/mol. The van der Waals surface area contributed by atoms with Crippen molar-refractivity contribution >= 4 is 11.5 Å². The topological polar surface area (TPSA) is 53.0 Å². The number of carbonyl (C=O) groups is 1. The number of benzene rings is 2. The van der Waals surface area contributed by atoms with E-state index < -0.39 is 0 Å². The van der Waals surface area contributed by atoms with E-state index in [4.69, 9.17) is 4.74 Å². The van der Waals surface area contributed by atoms with E-state index in [0.29, 0.717) is 29.2 Å². The van der Waals surface area contributed by atoms with Crippen LogP contribution in [-0.2, 0) is 6.54 Å². The summed E-state index contributed by atoms with van der Waals surface area (Å²) >= 11 is 0. The largest absolute Gasteiger partial charge is 0.507 e. The van der Waals surface area contributed by atoms with Crippen molar-refractivity contribution in [2.75, 3.05) is 31.1 Å². The standard InChI is InChI=1S/C22H24N2O3/c1-15(2)21-20(26)17-8-9-19(25)18(22(17)27-21)14-23-10-12-24(13-11-23)16-6-4-3-5-7-16/h3-9,25H,10-14H2,1-2H3. The van der Waals surface area contributed by atoms with Crippen LogP contribution in [0.15, 0.2) is 53.8 Å². The minimum atomic E-state index is -0.0971. The molecule has 0 bridgehead atoms. The van der Waals surface area contributed by atoms with Crippen LogP contribution in [0.2, 0.25) is 0 Å². The van der Waals surface area contributed by atoms with Crippen molar-refractivity contribution in [3.8, 4) is 11.5 Å². The Labute approximate surface area is 159 Å². The number of fused-ring (bicyclic) bond motifs is 1. The first-order chi connectivity index (χ1) is 13.0. The van der Waals surface area contributed by atoms with Crippen molar-refractivity contribution in [2.45, 2.75) is 20.4 Å². The highest BCUT2D eigenvalue weighted by Gasteiger charge is 2.32. The van der Waals surface area contributed by atoms with Crippen LogP contribution in [0.3, 0.4) is 0 Å². The number of phenolic OH excluding ortho intramolecular Hbond substituents is 1. The minimum absolute atomic E-state index is 0.0971. The van der Waals surface area contributed by atoms with Crippen LogP contribution >= 0.6 is 0 Å². The number of nitrogens with zero attached hydrogens (tertiary/aromatic N) is 2. The van der Waals surface area contributed by atoms with Crippen molar-refractivity contribution in [1.82, 2.24) is 4.90 Å². The number of hydrogen-bond acceptors (Lipinski definition) is 5. The number of carbonyl (C=O) groups excluding carboxylic acids is 1. The average molecular weight is 364 g/mol. The van der Waals surface area contributed by atoms with Gasteiger partial charge in [-0.1, -0.05) is 18.2 Å². The molecule has 27 heavy (non-hydrogen) atoms. The molecule has 0 aromatic heterocycles. The number of ketones is 1. The van der Waals surface area contributed by atoms with Gasteiger partial charge < -0.3 is 14.7 Å². The molecule has 0 amide bonds. The molecule has 1 fully saturated rings. The van der Waals surface area contributed by atoms with E-state index in [2.05, 4.69) is 34.1 Å². The highest BCUT2D eigenvalue weighted by atomic mass is 16.5. The summed E-state index contributed by atoms with van der Waals surface area (Å²) in [5.41, 5.74) is 3.33. The van der Waals surface area contributed by atoms with Gasteiger partial charge in [0, 0.05) is 38.4 Å². The molecule has 5 heteroatoms. The zero-order chi connectivity index (χ0) is 19.0. The Bertz CT molecular complexity index is 893. The van der Waals surface area contributed by atoms with Crippen molar-refractivity contribution in [3.63, 3.8) is 0 Å². The second-order valence-electron chi connectivity index (χ2n) is 7.30. The van der Waals surface area contributed by atoms with Crippen LogP contribution < -0.4 is 9.64 Å². The molecule has 2 aliphatic heterocycles. The maximum Gasteiger partial charge on any atom is 0.231 e. The van der Waals surface area contributed by atoms with Gasteiger partial charge in [0.1, 0.15) is 11.5 Å². The fourth-order valence-corrected chi connectivity index (χ4v) is 3.69. The van der Waals surface area contributed by atoms with Gasteiger partial charge in [-0.2, -0.15) is 0 Å². The van der Waals surface area contributed by atoms with Crippen molar-refractivity contribution in [2.24, 2.45) is 0 Å². The second kappa shape index (κ2) is 7.08. The van der Waals surface area contributed by atoms with Crippen molar-refractivity contribution < 1.29 is 14.6 Å². The lowest BCUT2D eigenvalue weighted by Crippen LogP contribution is -2.46. The van der Waals surface area contributed by atoms with Gasteiger partial charge >= 0.3 is 0 Å². The third kappa shape index (κ3) is 3.30. The maximum atomic E-state index is 12.5. The molecule has 2 aromatic carbocycles. The Balaban J connectivity index is 1.51. The first-order valence-electron chi connectivity index (χ1n) is 9.32. The number of Topliss-reactive ketones (excluding diaryl/α,β-unsaturated/α-hetero) is 1. The number of phenols is 1. The van der Waals surface area contributed by atoms with E-state index in [1.807, 2.05) is 19.9 Å². The van der Waals surface area contributed by atoms with E-state index in [0.717, 1.165) is 31.8 Å². The number of rotatable bonds is 3. The summed E-state index contributed by atoms with van der Waals surface area (Å²) in [7, 11) is 0. The summed E-state index contributed by atoms with van der Waals surface area (Å²) in [5, 5.41) is 10.4. The summed E-state index contributed by atoms with van der Waals surface area (Å²) in [5.74, 6) is 0.981. The third-order valence-electron chi connectivity index (χ3n) is 5.22. The highest BCUT2D eigenvalue weighted by Crippen LogP contribution is 2.40. The molecule has 0 atom stereocenters. The molecule has 5 nitrogen and oxygen atoms in total. The zero-order valence-electron chi connectivity index (χ0n) is 15.7. The predicted octanol–water partition coefficient (Wildman–Crippen LogP) is 3.58. The number of aromatic hydroxyl groups is 1. The summed E-state index contributed by atoms with van der Waals surface area (Å²) in [4.78, 5) is 17.2. The molecule has 140 valence electrons. The van der Waals surface area contributed by atoms with E-state index in [9.17, 15) is 9.90 Å². The predicted molar refractivity (Wildman–Crippen MR) is 105 cm³/mol. The number of piperazine rings is 1. The van der Waals surface area contributed by atoms with Crippen LogP contribution in [0.1, 0.15) is 29.8 Å². The van der Waals surface area contributed by atoms with Crippen LogP contribution in [-0.4, -0.2) is 42.0 Å². The molecule has 0 unspecified atom stereocenters. The quantitative estimate of drug-likeness (QED) is 0.844. The molecule has 2 aromatic rings. The van der Waals surface area contributed by atoms with Crippen LogP contribution in [0.5, 0.6) is 11.5 Å². The molecule has 0 spiro atoms. The molecule has 4 rings (SSSR count). The molecule has 1 N–H and O–H groups in total. The lowest BCUT2D eigenvalue weighted by Gasteiger charge is -2.36. The van der Waals surface area contributed by atoms with E-state index in [-0.39, 0.29) is 11.5 Å². The Morgan fingerprint density at radius 3 is 2.41 bits per heavy atom. The number of anilines is 1. The minimum Gasteiger partial charge on any atom is -0.507 e. The molecule has 1 saturated heterocycles. The SMILES string of the molecule is CC(C)=C1Oc2c(ccc(O)c2CN2CCN(c3ccccc3)CC2)C1=O. The lowest BCUT2D eigenvalue weighted by atomic mass is 10.0. The van der Waals surface area contributed by atoms with E-state index in [1.54, 1.807) is 12.1 Å². The Morgan fingerprint density at radius 2 is 1.74 bits per heavy atom. The van der Waals surface area contributed by atoms with Gasteiger partial charge in [-0.05, 0) is 43.7 Å². The number of hydrogen-bond donors (Lipinski definition) is 1. The Kier molecular flexibility index (Phi) is 4.62. The van der Waals surface area contributed by atoms with Gasteiger partial charge in [-0.3, -0.25) is 9.69 Å². The number of allylic oxidation sites excluding steroid dienone is 2. The number of para-hydroxylation sites is 1. The van der Waals surface area contributed by atoms with Gasteiger partial charge in [0.2, 0.25) is 5.78 Å². The van der Waals surface area contributed by atoms with Crippen LogP contribution in [0.25, 0.3) is 0 Å². The van der Waals surface area contributed by atoms with Gasteiger partial charge in [0.15, 0.2) is 5.76 Å². The van der Waals surface area contributed by atoms with Crippen molar-refractivity contribution in [1.29, 1.82) is 0 Å². The highest BCUT2D eigenvalue weighted by molar-refractivity contribution is 6.13. The Morgan fingerprint density at radius 1 is 1.04 bits per heavy atom. The molecular weight excluding hydrogens is 340 g/mol. The van der Waals surface area contributed by atoms with Gasteiger partial charge in [0.25, 0.3) is 0 Å². The van der Waals surface area contributed by atoms with Gasteiger partial charge in [0.05, 0.1) is 11.1 Å². The molecule has 2 heterocycles. The number of ether oxygens (including phenoxy) is 1. The molecule has 0 aliphatic carbocycles. The van der Waals surface area contributed by atoms with E-state index >= 15 is 0 Å². The summed E-state index contributed by atoms with van der Waals surface area (Å²) < 4.78 is 5.86. The smallest absolute Gasteiger partial charge is 0.231 e. The fourth-order valence-electron chi connectivity index (χ4n) is 3.69. The van der Waals surface area contributed by atoms with Crippen LogP contribution in [0, 0.1) is 0 Å².